The second-order valence-corrected chi connectivity index (χ2v) is 5.47. The van der Waals surface area contributed by atoms with E-state index in [1.807, 2.05) is 19.1 Å². The van der Waals surface area contributed by atoms with Crippen LogP contribution in [-0.4, -0.2) is 25.7 Å². The van der Waals surface area contributed by atoms with Crippen molar-refractivity contribution in [2.24, 2.45) is 10.7 Å². The van der Waals surface area contributed by atoms with Gasteiger partial charge in [0.15, 0.2) is 17.5 Å². The fourth-order valence-corrected chi connectivity index (χ4v) is 2.33. The molecule has 0 spiro atoms. The summed E-state index contributed by atoms with van der Waals surface area (Å²) in [5, 5.41) is 2.99. The normalized spacial score (nSPS) is 14.0. The summed E-state index contributed by atoms with van der Waals surface area (Å²) < 4.78 is 12.0. The molecule has 0 amide bonds. The van der Waals surface area contributed by atoms with E-state index in [1.54, 1.807) is 0 Å². The van der Waals surface area contributed by atoms with Gasteiger partial charge in [-0.25, -0.2) is 4.99 Å². The average Bonchev–Trinajstić information content (AvgIpc) is 2.43. The molecule has 0 saturated carbocycles. The number of hydrogen-bond acceptors (Lipinski definition) is 3. The van der Waals surface area contributed by atoms with Crippen molar-refractivity contribution in [1.82, 2.24) is 5.32 Å². The third-order valence-electron chi connectivity index (χ3n) is 2.66. The van der Waals surface area contributed by atoms with Crippen LogP contribution in [0.25, 0.3) is 0 Å². The minimum Gasteiger partial charge on any atom is -0.486 e. The Balaban J connectivity index is 2.04. The van der Waals surface area contributed by atoms with Crippen LogP contribution < -0.4 is 20.5 Å². The molecule has 0 atom stereocenters. The maximum Gasteiger partial charge on any atom is 0.189 e. The van der Waals surface area contributed by atoms with E-state index >= 15 is 0 Å². The van der Waals surface area contributed by atoms with Gasteiger partial charge in [0.25, 0.3) is 0 Å². The number of rotatable bonds is 4. The van der Waals surface area contributed by atoms with E-state index in [1.165, 1.54) is 0 Å². The molecular formula is C14H18BrN3O2. The Labute approximate surface area is 127 Å². The fraction of sp³-hybridized carbons (Fsp3) is 0.357. The maximum atomic E-state index is 5.78. The Morgan fingerprint density at radius 1 is 1.45 bits per heavy atom. The van der Waals surface area contributed by atoms with Crippen molar-refractivity contribution in [2.75, 3.05) is 19.8 Å². The molecule has 1 aromatic rings. The molecule has 1 heterocycles. The smallest absolute Gasteiger partial charge is 0.189 e. The van der Waals surface area contributed by atoms with Gasteiger partial charge < -0.3 is 20.5 Å². The Hall–Kier alpha value is -1.69. The van der Waals surface area contributed by atoms with Gasteiger partial charge in [0.2, 0.25) is 0 Å². The Bertz CT molecular complexity index is 543. The average molecular weight is 340 g/mol. The zero-order chi connectivity index (χ0) is 14.5. The molecule has 1 aliphatic heterocycles. The van der Waals surface area contributed by atoms with Gasteiger partial charge in [0, 0.05) is 6.54 Å². The molecule has 0 radical (unpaired) electrons. The zero-order valence-corrected chi connectivity index (χ0v) is 13.0. The Kier molecular flexibility index (Phi) is 4.89. The molecule has 0 fully saturated rings. The van der Waals surface area contributed by atoms with Gasteiger partial charge in [-0.1, -0.05) is 12.2 Å². The second-order valence-electron chi connectivity index (χ2n) is 4.61. The number of nitrogens with two attached hydrogens (primary N) is 1. The number of aliphatic imine (C=N–C) groups is 1. The molecule has 1 aromatic carbocycles. The quantitative estimate of drug-likeness (QED) is 0.501. The lowest BCUT2D eigenvalue weighted by Crippen LogP contribution is -2.32. The lowest BCUT2D eigenvalue weighted by Gasteiger charge is -2.20. The van der Waals surface area contributed by atoms with Gasteiger partial charge in [0.05, 0.1) is 11.0 Å². The van der Waals surface area contributed by atoms with Crippen molar-refractivity contribution in [2.45, 2.75) is 13.5 Å². The van der Waals surface area contributed by atoms with Gasteiger partial charge in [0.1, 0.15) is 13.2 Å². The van der Waals surface area contributed by atoms with E-state index in [0.29, 0.717) is 32.3 Å². The highest BCUT2D eigenvalue weighted by molar-refractivity contribution is 9.10. The molecule has 20 heavy (non-hydrogen) atoms. The molecule has 5 nitrogen and oxygen atoms in total. The first-order chi connectivity index (χ1) is 9.56. The number of ether oxygens (including phenoxy) is 2. The monoisotopic (exact) mass is 339 g/mol. The summed E-state index contributed by atoms with van der Waals surface area (Å²) in [4.78, 5) is 4.28. The first kappa shape index (κ1) is 14.7. The topological polar surface area (TPSA) is 68.9 Å². The van der Waals surface area contributed by atoms with E-state index in [4.69, 9.17) is 15.2 Å². The summed E-state index contributed by atoms with van der Waals surface area (Å²) >= 11 is 3.48. The predicted molar refractivity (Wildman–Crippen MR) is 83.3 cm³/mol. The molecule has 0 aromatic heterocycles. The number of hydrogen-bond donors (Lipinski definition) is 2. The Morgan fingerprint density at radius 3 is 2.95 bits per heavy atom. The molecule has 3 N–H and O–H groups in total. The first-order valence-corrected chi connectivity index (χ1v) is 7.12. The zero-order valence-electron chi connectivity index (χ0n) is 11.4. The minimum absolute atomic E-state index is 0.402. The SMILES string of the molecule is C=C(C)CNC(N)=NCc1cc(Br)c2c(c1)OCCO2. The standard InChI is InChI=1S/C14H18BrN3O2/c1-9(2)7-17-14(16)18-8-10-5-11(15)13-12(6-10)19-3-4-20-13/h5-6H,1,3-4,7-8H2,2H3,(H3,16,17,18). The molecule has 1 aliphatic rings. The van der Waals surface area contributed by atoms with Crippen LogP contribution in [0.4, 0.5) is 0 Å². The van der Waals surface area contributed by atoms with Crippen molar-refractivity contribution in [3.8, 4) is 11.5 Å². The number of nitrogens with zero attached hydrogens (tertiary/aromatic N) is 1. The molecule has 0 unspecified atom stereocenters. The summed E-state index contributed by atoms with van der Waals surface area (Å²) in [5.74, 6) is 1.89. The fourth-order valence-electron chi connectivity index (χ4n) is 1.73. The minimum atomic E-state index is 0.402. The number of halogens is 1. The van der Waals surface area contributed by atoms with Gasteiger partial charge in [-0.15, -0.1) is 0 Å². The maximum absolute atomic E-state index is 5.78. The van der Waals surface area contributed by atoms with E-state index in [-0.39, 0.29) is 0 Å². The summed E-state index contributed by atoms with van der Waals surface area (Å²) in [6.45, 7) is 7.96. The van der Waals surface area contributed by atoms with Crippen LogP contribution in [0.1, 0.15) is 12.5 Å². The Morgan fingerprint density at radius 2 is 2.20 bits per heavy atom. The lowest BCUT2D eigenvalue weighted by molar-refractivity contribution is 0.170. The van der Waals surface area contributed by atoms with Crippen molar-refractivity contribution < 1.29 is 9.47 Å². The number of benzene rings is 1. The van der Waals surface area contributed by atoms with E-state index in [9.17, 15) is 0 Å². The highest BCUT2D eigenvalue weighted by Gasteiger charge is 2.16. The van der Waals surface area contributed by atoms with Crippen molar-refractivity contribution in [3.05, 3.63) is 34.3 Å². The molecule has 108 valence electrons. The van der Waals surface area contributed by atoms with Crippen LogP contribution in [0.5, 0.6) is 11.5 Å². The number of nitrogens with one attached hydrogen (secondary N) is 1. The highest BCUT2D eigenvalue weighted by atomic mass is 79.9. The summed E-state index contributed by atoms with van der Waals surface area (Å²) in [5.41, 5.74) is 7.78. The van der Waals surface area contributed by atoms with Gasteiger partial charge in [-0.3, -0.25) is 0 Å². The molecular weight excluding hydrogens is 322 g/mol. The van der Waals surface area contributed by atoms with E-state index < -0.39 is 0 Å². The van der Waals surface area contributed by atoms with E-state index in [0.717, 1.165) is 27.1 Å². The van der Waals surface area contributed by atoms with E-state index in [2.05, 4.69) is 32.8 Å². The second kappa shape index (κ2) is 6.65. The van der Waals surface area contributed by atoms with Crippen LogP contribution in [0.3, 0.4) is 0 Å². The highest BCUT2D eigenvalue weighted by Crippen LogP contribution is 2.38. The van der Waals surface area contributed by atoms with Crippen molar-refractivity contribution in [3.63, 3.8) is 0 Å². The summed E-state index contributed by atoms with van der Waals surface area (Å²) in [7, 11) is 0. The van der Waals surface area contributed by atoms with Crippen molar-refractivity contribution >= 4 is 21.9 Å². The third kappa shape index (κ3) is 3.90. The molecule has 0 bridgehead atoms. The first-order valence-electron chi connectivity index (χ1n) is 6.32. The molecule has 2 rings (SSSR count). The predicted octanol–water partition coefficient (Wildman–Crippen LogP) is 2.20. The van der Waals surface area contributed by atoms with Crippen LogP contribution in [0, 0.1) is 0 Å². The van der Waals surface area contributed by atoms with Crippen LogP contribution in [0.2, 0.25) is 0 Å². The largest absolute Gasteiger partial charge is 0.486 e. The third-order valence-corrected chi connectivity index (χ3v) is 3.25. The van der Waals surface area contributed by atoms with Gasteiger partial charge in [-0.2, -0.15) is 0 Å². The van der Waals surface area contributed by atoms with Crippen LogP contribution in [-0.2, 0) is 6.54 Å². The lowest BCUT2D eigenvalue weighted by atomic mass is 10.2. The van der Waals surface area contributed by atoms with Crippen LogP contribution >= 0.6 is 15.9 Å². The summed E-state index contributed by atoms with van der Waals surface area (Å²) in [6.07, 6.45) is 0. The van der Waals surface area contributed by atoms with Gasteiger partial charge >= 0.3 is 0 Å². The van der Waals surface area contributed by atoms with Crippen molar-refractivity contribution in [1.29, 1.82) is 0 Å². The molecule has 0 aliphatic carbocycles. The number of guanidine groups is 1. The van der Waals surface area contributed by atoms with Gasteiger partial charge in [-0.05, 0) is 40.5 Å². The molecule has 0 saturated heterocycles. The summed E-state index contributed by atoms with van der Waals surface area (Å²) in [6, 6.07) is 3.89. The van der Waals surface area contributed by atoms with Crippen LogP contribution in [0.15, 0.2) is 33.7 Å². The number of fused-ring (bicyclic) bond motifs is 1. The molecule has 6 heteroatoms.